The normalized spacial score (nSPS) is 11.6. The Balaban J connectivity index is 1.69. The van der Waals surface area contributed by atoms with Gasteiger partial charge in [0.25, 0.3) is 5.91 Å². The average molecular weight is 364 g/mol. The number of fused-ring (bicyclic) bond motifs is 1. The van der Waals surface area contributed by atoms with Crippen LogP contribution >= 0.6 is 0 Å². The van der Waals surface area contributed by atoms with Crippen molar-refractivity contribution in [1.29, 1.82) is 0 Å². The first-order valence-electron chi connectivity index (χ1n) is 7.70. The van der Waals surface area contributed by atoms with E-state index in [4.69, 9.17) is 4.74 Å². The number of para-hydroxylation sites is 1. The summed E-state index contributed by atoms with van der Waals surface area (Å²) in [6, 6.07) is 9.70. The molecule has 8 heteroatoms. The predicted octanol–water partition coefficient (Wildman–Crippen LogP) is 4.48. The number of halogens is 3. The van der Waals surface area contributed by atoms with Crippen molar-refractivity contribution in [3.8, 4) is 5.75 Å². The summed E-state index contributed by atoms with van der Waals surface area (Å²) in [6.45, 7) is 3.52. The van der Waals surface area contributed by atoms with Crippen molar-refractivity contribution in [2.45, 2.75) is 20.0 Å². The molecule has 0 bridgehead atoms. The van der Waals surface area contributed by atoms with Crippen molar-refractivity contribution in [2.24, 2.45) is 0 Å². The summed E-state index contributed by atoms with van der Waals surface area (Å²) in [7, 11) is 0. The average Bonchev–Trinajstić information content (AvgIpc) is 2.98. The number of carbonyl (C=O) groups excluding carboxylic acids is 1. The Morgan fingerprint density at radius 2 is 1.88 bits per heavy atom. The van der Waals surface area contributed by atoms with Crippen molar-refractivity contribution in [3.63, 3.8) is 0 Å². The summed E-state index contributed by atoms with van der Waals surface area (Å²) in [5, 5.41) is 2.56. The van der Waals surface area contributed by atoms with Crippen LogP contribution in [0.4, 0.5) is 18.9 Å². The number of benzene rings is 2. The van der Waals surface area contributed by atoms with Gasteiger partial charge in [-0.1, -0.05) is 18.2 Å². The van der Waals surface area contributed by atoms with E-state index >= 15 is 0 Å². The van der Waals surface area contributed by atoms with Crippen LogP contribution in [0.3, 0.4) is 0 Å². The molecule has 1 N–H and O–H groups in total. The number of aromatic nitrogens is 1. The molecule has 0 radical (unpaired) electrons. The number of hydrogen-bond acceptors (Lipinski definition) is 4. The van der Waals surface area contributed by atoms with E-state index < -0.39 is 18.0 Å². The Kier molecular flexibility index (Phi) is 4.58. The Bertz CT molecular complexity index is 944. The molecule has 0 aliphatic heterocycles. The van der Waals surface area contributed by atoms with Crippen LogP contribution in [-0.4, -0.2) is 17.5 Å². The molecule has 0 spiro atoms. The highest BCUT2D eigenvalue weighted by Crippen LogP contribution is 2.31. The first-order valence-corrected chi connectivity index (χ1v) is 7.70. The minimum Gasteiger partial charge on any atom is -0.483 e. The van der Waals surface area contributed by atoms with E-state index in [0.29, 0.717) is 11.4 Å². The fourth-order valence-electron chi connectivity index (χ4n) is 2.49. The highest BCUT2D eigenvalue weighted by atomic mass is 19.4. The van der Waals surface area contributed by atoms with E-state index in [2.05, 4.69) is 14.7 Å². The molecule has 1 aromatic heterocycles. The standard InChI is InChI=1S/C18H15F3N2O3/c1-10-4-3-5-11(2)16(10)25-9-15(24)22-12-6-7-14-13(8-12)23-17(26-14)18(19,20)21/h3-8H,9H2,1-2H3,(H,22,24). The van der Waals surface area contributed by atoms with Crippen LogP contribution in [0.2, 0.25) is 0 Å². The van der Waals surface area contributed by atoms with Crippen molar-refractivity contribution in [1.82, 2.24) is 4.98 Å². The number of ether oxygens (including phenoxy) is 1. The second-order valence-electron chi connectivity index (χ2n) is 5.76. The molecule has 0 aliphatic rings. The van der Waals surface area contributed by atoms with E-state index in [-0.39, 0.29) is 17.7 Å². The highest BCUT2D eigenvalue weighted by molar-refractivity contribution is 5.93. The van der Waals surface area contributed by atoms with Gasteiger partial charge in [0.05, 0.1) is 0 Å². The number of nitrogens with zero attached hydrogens (tertiary/aromatic N) is 1. The summed E-state index contributed by atoms with van der Waals surface area (Å²) < 4.78 is 48.1. The van der Waals surface area contributed by atoms with Crippen LogP contribution in [0.15, 0.2) is 40.8 Å². The Labute approximate surface area is 146 Å². The molecule has 1 heterocycles. The van der Waals surface area contributed by atoms with Gasteiger partial charge >= 0.3 is 12.1 Å². The Hall–Kier alpha value is -3.03. The van der Waals surface area contributed by atoms with Gasteiger partial charge in [0.15, 0.2) is 12.2 Å². The molecule has 3 rings (SSSR count). The Morgan fingerprint density at radius 1 is 1.19 bits per heavy atom. The summed E-state index contributed by atoms with van der Waals surface area (Å²) in [6.07, 6.45) is -4.67. The zero-order chi connectivity index (χ0) is 18.9. The number of rotatable bonds is 4. The molecule has 0 saturated heterocycles. The Morgan fingerprint density at radius 3 is 2.54 bits per heavy atom. The number of nitrogens with one attached hydrogen (secondary N) is 1. The first-order chi connectivity index (χ1) is 12.2. The number of aryl methyl sites for hydroxylation is 2. The maximum Gasteiger partial charge on any atom is 0.468 e. The first kappa shape index (κ1) is 17.8. The molecule has 136 valence electrons. The predicted molar refractivity (Wildman–Crippen MR) is 89.1 cm³/mol. The molecular formula is C18H15F3N2O3. The lowest BCUT2D eigenvalue weighted by atomic mass is 10.1. The van der Waals surface area contributed by atoms with Gasteiger partial charge in [0, 0.05) is 5.69 Å². The van der Waals surface area contributed by atoms with Gasteiger partial charge in [-0.15, -0.1) is 0 Å². The van der Waals surface area contributed by atoms with E-state index in [0.717, 1.165) is 11.1 Å². The molecule has 0 unspecified atom stereocenters. The second-order valence-corrected chi connectivity index (χ2v) is 5.76. The zero-order valence-electron chi connectivity index (χ0n) is 14.0. The molecule has 0 aliphatic carbocycles. The molecule has 26 heavy (non-hydrogen) atoms. The van der Waals surface area contributed by atoms with Crippen molar-refractivity contribution >= 4 is 22.7 Å². The summed E-state index contributed by atoms with van der Waals surface area (Å²) >= 11 is 0. The van der Waals surface area contributed by atoms with Crippen molar-refractivity contribution in [2.75, 3.05) is 11.9 Å². The fourth-order valence-corrected chi connectivity index (χ4v) is 2.49. The number of hydrogen-bond donors (Lipinski definition) is 1. The van der Waals surface area contributed by atoms with Gasteiger partial charge in [0.1, 0.15) is 11.3 Å². The number of oxazole rings is 1. The smallest absolute Gasteiger partial charge is 0.468 e. The molecule has 2 aromatic carbocycles. The lowest BCUT2D eigenvalue weighted by Gasteiger charge is -2.11. The van der Waals surface area contributed by atoms with Crippen molar-refractivity contribution in [3.05, 3.63) is 53.4 Å². The topological polar surface area (TPSA) is 64.4 Å². The summed E-state index contributed by atoms with van der Waals surface area (Å²) in [5.41, 5.74) is 2.10. The molecule has 5 nitrogen and oxygen atoms in total. The van der Waals surface area contributed by atoms with E-state index in [1.807, 2.05) is 32.0 Å². The monoisotopic (exact) mass is 364 g/mol. The van der Waals surface area contributed by atoms with Crippen LogP contribution in [0.5, 0.6) is 5.75 Å². The van der Waals surface area contributed by atoms with Crippen molar-refractivity contribution < 1.29 is 27.1 Å². The second kappa shape index (κ2) is 6.70. The van der Waals surface area contributed by atoms with Gasteiger partial charge < -0.3 is 14.5 Å². The largest absolute Gasteiger partial charge is 0.483 e. The summed E-state index contributed by atoms with van der Waals surface area (Å²) in [5.74, 6) is -1.13. The molecule has 0 fully saturated rings. The third-order valence-corrected chi connectivity index (χ3v) is 3.67. The number of alkyl halides is 3. The van der Waals surface area contributed by atoms with Gasteiger partial charge in [0.2, 0.25) is 0 Å². The fraction of sp³-hybridized carbons (Fsp3) is 0.222. The third-order valence-electron chi connectivity index (χ3n) is 3.67. The number of amides is 1. The van der Waals surface area contributed by atoms with Crippen LogP contribution in [0, 0.1) is 13.8 Å². The lowest BCUT2D eigenvalue weighted by molar-refractivity contribution is -0.156. The minimum atomic E-state index is -4.67. The maximum atomic E-state index is 12.6. The molecule has 0 saturated carbocycles. The van der Waals surface area contributed by atoms with E-state index in [9.17, 15) is 18.0 Å². The van der Waals surface area contributed by atoms with Gasteiger partial charge in [-0.3, -0.25) is 4.79 Å². The van der Waals surface area contributed by atoms with E-state index in [1.165, 1.54) is 18.2 Å². The number of carbonyl (C=O) groups is 1. The van der Waals surface area contributed by atoms with E-state index in [1.54, 1.807) is 0 Å². The SMILES string of the molecule is Cc1cccc(C)c1OCC(=O)Nc1ccc2oc(C(F)(F)F)nc2c1. The lowest BCUT2D eigenvalue weighted by Crippen LogP contribution is -2.20. The zero-order valence-corrected chi connectivity index (χ0v) is 14.0. The van der Waals surface area contributed by atoms with Crippen LogP contribution in [-0.2, 0) is 11.0 Å². The van der Waals surface area contributed by atoms with Gasteiger partial charge in [-0.2, -0.15) is 13.2 Å². The van der Waals surface area contributed by atoms with Gasteiger partial charge in [-0.05, 0) is 43.2 Å². The third kappa shape index (κ3) is 3.79. The molecule has 0 atom stereocenters. The van der Waals surface area contributed by atoms with Crippen LogP contribution in [0.25, 0.3) is 11.1 Å². The quantitative estimate of drug-likeness (QED) is 0.741. The molecule has 1 amide bonds. The van der Waals surface area contributed by atoms with Crippen LogP contribution in [0.1, 0.15) is 17.0 Å². The molecular weight excluding hydrogens is 349 g/mol. The van der Waals surface area contributed by atoms with Gasteiger partial charge in [-0.25, -0.2) is 4.98 Å². The summed E-state index contributed by atoms with van der Waals surface area (Å²) in [4.78, 5) is 15.4. The highest BCUT2D eigenvalue weighted by Gasteiger charge is 2.37. The maximum absolute atomic E-state index is 12.6. The minimum absolute atomic E-state index is 0.00536. The molecule has 3 aromatic rings. The van der Waals surface area contributed by atoms with Crippen LogP contribution < -0.4 is 10.1 Å². The number of anilines is 1.